The fourth-order valence-electron chi connectivity index (χ4n) is 1.93. The molecule has 1 heterocycles. The van der Waals surface area contributed by atoms with Crippen LogP contribution in [0.5, 0.6) is 0 Å². The van der Waals surface area contributed by atoms with Gasteiger partial charge in [-0.25, -0.2) is 0 Å². The van der Waals surface area contributed by atoms with Gasteiger partial charge >= 0.3 is 5.97 Å². The Morgan fingerprint density at radius 2 is 2.11 bits per heavy atom. The third-order valence-electron chi connectivity index (χ3n) is 3.11. The predicted octanol–water partition coefficient (Wildman–Crippen LogP) is 2.50. The molecule has 0 saturated heterocycles. The topological polar surface area (TPSA) is 46.6 Å². The molecule has 0 saturated carbocycles. The van der Waals surface area contributed by atoms with Crippen LogP contribution in [0.25, 0.3) is 0 Å². The molecule has 1 unspecified atom stereocenters. The second kappa shape index (κ2) is 6.70. The van der Waals surface area contributed by atoms with Crippen molar-refractivity contribution in [3.8, 4) is 0 Å². The van der Waals surface area contributed by atoms with Crippen molar-refractivity contribution in [2.45, 2.75) is 27.2 Å². The molecule has 0 aliphatic heterocycles. The van der Waals surface area contributed by atoms with Gasteiger partial charge in [-0.15, -0.1) is 11.3 Å². The molecule has 0 N–H and O–H groups in total. The average Bonchev–Trinajstić information content (AvgIpc) is 2.77. The molecule has 0 spiro atoms. The van der Waals surface area contributed by atoms with Crippen molar-refractivity contribution in [1.29, 1.82) is 0 Å². The zero-order valence-corrected chi connectivity index (χ0v) is 13.0. The van der Waals surface area contributed by atoms with E-state index < -0.39 is 0 Å². The highest BCUT2D eigenvalue weighted by atomic mass is 32.1. The highest BCUT2D eigenvalue weighted by Gasteiger charge is 2.21. The lowest BCUT2D eigenvalue weighted by Gasteiger charge is -2.19. The number of carbonyl (C=O) groups is 2. The van der Waals surface area contributed by atoms with Crippen LogP contribution in [0.3, 0.4) is 0 Å². The van der Waals surface area contributed by atoms with Gasteiger partial charge in [0, 0.05) is 18.5 Å². The average molecular weight is 283 g/mol. The first-order chi connectivity index (χ1) is 8.90. The summed E-state index contributed by atoms with van der Waals surface area (Å²) in [4.78, 5) is 27.1. The first-order valence-electron chi connectivity index (χ1n) is 6.33. The maximum atomic E-state index is 12.3. The van der Waals surface area contributed by atoms with Crippen LogP contribution < -0.4 is 0 Å². The second-order valence-corrected chi connectivity index (χ2v) is 5.91. The Balaban J connectivity index is 2.73. The van der Waals surface area contributed by atoms with Crippen LogP contribution in [-0.2, 0) is 16.0 Å². The molecule has 0 bridgehead atoms. The Bertz CT molecular complexity index is 467. The molecular formula is C14H21NO3S. The number of amides is 1. The van der Waals surface area contributed by atoms with Gasteiger partial charge in [0.15, 0.2) is 0 Å². The molecule has 5 heteroatoms. The third kappa shape index (κ3) is 3.80. The van der Waals surface area contributed by atoms with Crippen molar-refractivity contribution >= 4 is 23.2 Å². The number of aryl methyl sites for hydroxylation is 2. The van der Waals surface area contributed by atoms with E-state index in [1.165, 1.54) is 28.9 Å². The van der Waals surface area contributed by atoms with Crippen LogP contribution in [0.4, 0.5) is 0 Å². The van der Waals surface area contributed by atoms with E-state index in [4.69, 9.17) is 0 Å². The van der Waals surface area contributed by atoms with Crippen LogP contribution in [-0.4, -0.2) is 37.5 Å². The van der Waals surface area contributed by atoms with Crippen molar-refractivity contribution in [2.75, 3.05) is 20.7 Å². The minimum absolute atomic E-state index is 0.0384. The van der Waals surface area contributed by atoms with E-state index in [9.17, 15) is 9.59 Å². The first-order valence-corrected chi connectivity index (χ1v) is 7.14. The number of ether oxygens (including phenoxy) is 1. The zero-order chi connectivity index (χ0) is 14.6. The van der Waals surface area contributed by atoms with Gasteiger partial charge in [0.25, 0.3) is 5.91 Å². The highest BCUT2D eigenvalue weighted by molar-refractivity contribution is 7.14. The lowest BCUT2D eigenvalue weighted by molar-refractivity contribution is -0.145. The Hall–Kier alpha value is -1.36. The molecule has 0 radical (unpaired) electrons. The smallest absolute Gasteiger partial charge is 0.310 e. The van der Waals surface area contributed by atoms with Crippen molar-refractivity contribution in [1.82, 2.24) is 4.90 Å². The van der Waals surface area contributed by atoms with E-state index in [1.807, 2.05) is 13.0 Å². The molecule has 4 nitrogen and oxygen atoms in total. The molecule has 1 aromatic rings. The molecule has 106 valence electrons. The zero-order valence-electron chi connectivity index (χ0n) is 12.1. The first kappa shape index (κ1) is 15.7. The standard InChI is InChI=1S/C14H21NO3S/c1-6-11-7-12(19-10(11)3)13(16)15(4)8-9(2)14(17)18-5/h7,9H,6,8H2,1-5H3. The van der Waals surface area contributed by atoms with Crippen LogP contribution >= 0.6 is 11.3 Å². The fraction of sp³-hybridized carbons (Fsp3) is 0.571. The van der Waals surface area contributed by atoms with Crippen molar-refractivity contribution in [3.05, 3.63) is 21.4 Å². The quantitative estimate of drug-likeness (QED) is 0.780. The fourth-order valence-corrected chi connectivity index (χ4v) is 3.04. The van der Waals surface area contributed by atoms with Gasteiger partial charge in [-0.05, 0) is 25.0 Å². The maximum absolute atomic E-state index is 12.3. The summed E-state index contributed by atoms with van der Waals surface area (Å²) in [7, 11) is 3.07. The number of carbonyl (C=O) groups excluding carboxylic acids is 2. The normalized spacial score (nSPS) is 12.1. The van der Waals surface area contributed by atoms with Gasteiger partial charge in [-0.2, -0.15) is 0 Å². The monoisotopic (exact) mass is 283 g/mol. The summed E-state index contributed by atoms with van der Waals surface area (Å²) in [5.74, 6) is -0.648. The molecular weight excluding hydrogens is 262 g/mol. The van der Waals surface area contributed by atoms with Crippen molar-refractivity contribution in [3.63, 3.8) is 0 Å². The predicted molar refractivity (Wildman–Crippen MR) is 76.6 cm³/mol. The molecule has 0 aliphatic rings. The number of nitrogens with zero attached hydrogens (tertiary/aromatic N) is 1. The van der Waals surface area contributed by atoms with Gasteiger partial charge in [0.1, 0.15) is 0 Å². The van der Waals surface area contributed by atoms with E-state index in [2.05, 4.69) is 11.7 Å². The van der Waals surface area contributed by atoms with E-state index >= 15 is 0 Å². The molecule has 19 heavy (non-hydrogen) atoms. The van der Waals surface area contributed by atoms with Gasteiger partial charge in [0.05, 0.1) is 17.9 Å². The summed E-state index contributed by atoms with van der Waals surface area (Å²) >= 11 is 1.51. The molecule has 1 atom stereocenters. The summed E-state index contributed by atoms with van der Waals surface area (Å²) in [5.41, 5.74) is 1.21. The lowest BCUT2D eigenvalue weighted by Crippen LogP contribution is -2.33. The van der Waals surface area contributed by atoms with Crippen LogP contribution in [0, 0.1) is 12.8 Å². The van der Waals surface area contributed by atoms with Crippen molar-refractivity contribution in [2.24, 2.45) is 5.92 Å². The van der Waals surface area contributed by atoms with Gasteiger partial charge < -0.3 is 9.64 Å². The molecule has 1 aromatic heterocycles. The van der Waals surface area contributed by atoms with Gasteiger partial charge in [-0.1, -0.05) is 13.8 Å². The number of hydrogen-bond donors (Lipinski definition) is 0. The summed E-state index contributed by atoms with van der Waals surface area (Å²) in [6, 6.07) is 1.95. The highest BCUT2D eigenvalue weighted by Crippen LogP contribution is 2.23. The largest absolute Gasteiger partial charge is 0.469 e. The number of hydrogen-bond acceptors (Lipinski definition) is 4. The summed E-state index contributed by atoms with van der Waals surface area (Å²) in [5, 5.41) is 0. The van der Waals surface area contributed by atoms with Crippen molar-refractivity contribution < 1.29 is 14.3 Å². The lowest BCUT2D eigenvalue weighted by atomic mass is 10.1. The number of thiophene rings is 1. The molecule has 0 aromatic carbocycles. The Kier molecular flexibility index (Phi) is 5.54. The van der Waals surface area contributed by atoms with Gasteiger partial charge in [-0.3, -0.25) is 9.59 Å². The molecule has 1 amide bonds. The third-order valence-corrected chi connectivity index (χ3v) is 4.19. The maximum Gasteiger partial charge on any atom is 0.310 e. The number of methoxy groups -OCH3 is 1. The Morgan fingerprint density at radius 1 is 1.47 bits per heavy atom. The van der Waals surface area contributed by atoms with Crippen LogP contribution in [0.15, 0.2) is 6.07 Å². The molecule has 0 aliphatic carbocycles. The number of rotatable bonds is 5. The van der Waals surface area contributed by atoms with E-state index in [-0.39, 0.29) is 17.8 Å². The van der Waals surface area contributed by atoms with Crippen LogP contribution in [0.2, 0.25) is 0 Å². The van der Waals surface area contributed by atoms with Crippen LogP contribution in [0.1, 0.15) is 34.0 Å². The molecule has 0 fully saturated rings. The summed E-state index contributed by atoms with van der Waals surface area (Å²) in [6.45, 7) is 6.22. The summed E-state index contributed by atoms with van der Waals surface area (Å²) < 4.78 is 4.66. The van der Waals surface area contributed by atoms with E-state index in [1.54, 1.807) is 18.9 Å². The Morgan fingerprint density at radius 3 is 2.58 bits per heavy atom. The van der Waals surface area contributed by atoms with Gasteiger partial charge in [0.2, 0.25) is 0 Å². The summed E-state index contributed by atoms with van der Waals surface area (Å²) in [6.07, 6.45) is 0.928. The van der Waals surface area contributed by atoms with E-state index in [0.29, 0.717) is 6.54 Å². The number of esters is 1. The minimum Gasteiger partial charge on any atom is -0.469 e. The SMILES string of the molecule is CCc1cc(C(=O)N(C)CC(C)C(=O)OC)sc1C. The molecule has 1 rings (SSSR count). The minimum atomic E-state index is -0.314. The second-order valence-electron chi connectivity index (χ2n) is 4.66. The van der Waals surface area contributed by atoms with E-state index in [0.717, 1.165) is 11.3 Å². The Labute approximate surface area is 118 Å².